The highest BCUT2D eigenvalue weighted by Crippen LogP contribution is 2.08. The highest BCUT2D eigenvalue weighted by atomic mass is 16.5. The number of benzene rings is 1. The van der Waals surface area contributed by atoms with Crippen LogP contribution in [0.4, 0.5) is 0 Å². The number of hydrogen-bond acceptors (Lipinski definition) is 1. The predicted octanol–water partition coefficient (Wildman–Crippen LogP) is 3.04. The van der Waals surface area contributed by atoms with Gasteiger partial charge in [0.25, 0.3) is 0 Å². The lowest BCUT2D eigenvalue weighted by Gasteiger charge is -2.12. The minimum Gasteiger partial charge on any atom is -0.381 e. The highest BCUT2D eigenvalue weighted by Gasteiger charge is 2.03. The van der Waals surface area contributed by atoms with Gasteiger partial charge < -0.3 is 4.74 Å². The summed E-state index contributed by atoms with van der Waals surface area (Å²) < 4.78 is 5.32. The first-order chi connectivity index (χ1) is 6.36. The lowest BCUT2D eigenvalue weighted by molar-refractivity contribution is 0.0924. The summed E-state index contributed by atoms with van der Waals surface area (Å²) in [5.41, 5.74) is 1.40. The first kappa shape index (κ1) is 10.3. The van der Waals surface area contributed by atoms with E-state index in [1.54, 1.807) is 7.11 Å². The van der Waals surface area contributed by atoms with Crippen LogP contribution < -0.4 is 0 Å². The van der Waals surface area contributed by atoms with Crippen LogP contribution in [0.25, 0.3) is 0 Å². The second-order valence-electron chi connectivity index (χ2n) is 3.29. The SMILES string of the molecule is CCC(CCc1ccccc1)OC. The third kappa shape index (κ3) is 3.60. The number of hydrogen-bond donors (Lipinski definition) is 0. The molecular weight excluding hydrogens is 160 g/mol. The van der Waals surface area contributed by atoms with Crippen molar-refractivity contribution in [3.63, 3.8) is 0 Å². The van der Waals surface area contributed by atoms with Gasteiger partial charge in [0.1, 0.15) is 0 Å². The van der Waals surface area contributed by atoms with Crippen molar-refractivity contribution < 1.29 is 4.74 Å². The Morgan fingerprint density at radius 1 is 1.23 bits per heavy atom. The summed E-state index contributed by atoms with van der Waals surface area (Å²) in [6.07, 6.45) is 3.76. The Morgan fingerprint density at radius 2 is 1.92 bits per heavy atom. The Balaban J connectivity index is 2.34. The van der Waals surface area contributed by atoms with Crippen LogP contribution in [0.1, 0.15) is 25.3 Å². The molecule has 1 unspecified atom stereocenters. The zero-order valence-electron chi connectivity index (χ0n) is 8.49. The summed E-state index contributed by atoms with van der Waals surface area (Å²) in [5.74, 6) is 0. The summed E-state index contributed by atoms with van der Waals surface area (Å²) in [6.45, 7) is 2.17. The first-order valence-corrected chi connectivity index (χ1v) is 4.93. The van der Waals surface area contributed by atoms with Crippen LogP contribution in [0.5, 0.6) is 0 Å². The van der Waals surface area contributed by atoms with Crippen LogP contribution in [0.3, 0.4) is 0 Å². The zero-order chi connectivity index (χ0) is 9.52. The molecule has 0 aliphatic heterocycles. The van der Waals surface area contributed by atoms with Gasteiger partial charge in [-0.15, -0.1) is 0 Å². The summed E-state index contributed by atoms with van der Waals surface area (Å²) in [4.78, 5) is 0. The third-order valence-corrected chi connectivity index (χ3v) is 2.39. The summed E-state index contributed by atoms with van der Waals surface area (Å²) in [6, 6.07) is 10.6. The molecule has 0 aliphatic carbocycles. The van der Waals surface area contributed by atoms with E-state index in [4.69, 9.17) is 4.74 Å². The maximum Gasteiger partial charge on any atom is 0.0571 e. The van der Waals surface area contributed by atoms with E-state index in [1.807, 2.05) is 0 Å². The molecule has 0 saturated heterocycles. The molecule has 1 nitrogen and oxygen atoms in total. The summed E-state index contributed by atoms with van der Waals surface area (Å²) >= 11 is 0. The van der Waals surface area contributed by atoms with E-state index in [0.29, 0.717) is 6.10 Å². The summed E-state index contributed by atoms with van der Waals surface area (Å²) in [7, 11) is 1.79. The van der Waals surface area contributed by atoms with Gasteiger partial charge in [-0.1, -0.05) is 37.3 Å². The van der Waals surface area contributed by atoms with E-state index in [9.17, 15) is 0 Å². The van der Waals surface area contributed by atoms with Gasteiger partial charge in [-0.25, -0.2) is 0 Å². The van der Waals surface area contributed by atoms with Gasteiger partial charge in [0.2, 0.25) is 0 Å². The maximum atomic E-state index is 5.32. The van der Waals surface area contributed by atoms with E-state index in [0.717, 1.165) is 19.3 Å². The second kappa shape index (κ2) is 5.76. The molecule has 1 aromatic carbocycles. The predicted molar refractivity (Wildman–Crippen MR) is 55.9 cm³/mol. The molecule has 13 heavy (non-hydrogen) atoms. The minimum atomic E-state index is 0.417. The van der Waals surface area contributed by atoms with Gasteiger partial charge >= 0.3 is 0 Å². The van der Waals surface area contributed by atoms with Crippen LogP contribution in [-0.4, -0.2) is 13.2 Å². The van der Waals surface area contributed by atoms with Gasteiger partial charge in [-0.05, 0) is 24.8 Å². The monoisotopic (exact) mass is 178 g/mol. The second-order valence-corrected chi connectivity index (χ2v) is 3.29. The van der Waals surface area contributed by atoms with Crippen molar-refractivity contribution in [2.24, 2.45) is 0 Å². The van der Waals surface area contributed by atoms with Gasteiger partial charge in [0.05, 0.1) is 6.10 Å². The fraction of sp³-hybridized carbons (Fsp3) is 0.500. The van der Waals surface area contributed by atoms with Crippen LogP contribution in [0.2, 0.25) is 0 Å². The molecule has 0 bridgehead atoms. The average Bonchev–Trinajstić information content (AvgIpc) is 2.21. The van der Waals surface area contributed by atoms with Crippen molar-refractivity contribution in [2.45, 2.75) is 32.3 Å². The minimum absolute atomic E-state index is 0.417. The Kier molecular flexibility index (Phi) is 4.55. The molecule has 0 amide bonds. The first-order valence-electron chi connectivity index (χ1n) is 4.93. The average molecular weight is 178 g/mol. The van der Waals surface area contributed by atoms with Gasteiger partial charge in [0, 0.05) is 7.11 Å². The number of rotatable bonds is 5. The molecule has 0 heterocycles. The van der Waals surface area contributed by atoms with E-state index < -0.39 is 0 Å². The van der Waals surface area contributed by atoms with Crippen molar-refractivity contribution in [1.29, 1.82) is 0 Å². The van der Waals surface area contributed by atoms with Crippen molar-refractivity contribution in [2.75, 3.05) is 7.11 Å². The van der Waals surface area contributed by atoms with E-state index in [2.05, 4.69) is 37.3 Å². The lowest BCUT2D eigenvalue weighted by Crippen LogP contribution is -2.09. The number of ether oxygens (including phenoxy) is 1. The molecule has 0 N–H and O–H groups in total. The van der Waals surface area contributed by atoms with Gasteiger partial charge in [-0.3, -0.25) is 0 Å². The highest BCUT2D eigenvalue weighted by molar-refractivity contribution is 5.14. The van der Waals surface area contributed by atoms with Crippen LogP contribution in [0.15, 0.2) is 30.3 Å². The molecule has 0 radical (unpaired) electrons. The topological polar surface area (TPSA) is 9.23 Å². The number of aryl methyl sites for hydroxylation is 1. The van der Waals surface area contributed by atoms with Crippen LogP contribution >= 0.6 is 0 Å². The fourth-order valence-electron chi connectivity index (χ4n) is 1.46. The Morgan fingerprint density at radius 3 is 2.46 bits per heavy atom. The van der Waals surface area contributed by atoms with Crippen molar-refractivity contribution >= 4 is 0 Å². The molecule has 0 spiro atoms. The van der Waals surface area contributed by atoms with Crippen LogP contribution in [-0.2, 0) is 11.2 Å². The van der Waals surface area contributed by atoms with Gasteiger partial charge in [-0.2, -0.15) is 0 Å². The number of methoxy groups -OCH3 is 1. The molecule has 72 valence electrons. The quantitative estimate of drug-likeness (QED) is 0.673. The van der Waals surface area contributed by atoms with Crippen molar-refractivity contribution in [1.82, 2.24) is 0 Å². The molecule has 0 aromatic heterocycles. The smallest absolute Gasteiger partial charge is 0.0571 e. The maximum absolute atomic E-state index is 5.32. The normalized spacial score (nSPS) is 12.8. The summed E-state index contributed by atoms with van der Waals surface area (Å²) in [5, 5.41) is 0. The van der Waals surface area contributed by atoms with Gasteiger partial charge in [0.15, 0.2) is 0 Å². The van der Waals surface area contributed by atoms with Crippen LogP contribution in [0, 0.1) is 0 Å². The molecule has 1 atom stereocenters. The molecule has 1 rings (SSSR count). The molecule has 0 aliphatic rings. The molecular formula is C12H18O. The van der Waals surface area contributed by atoms with Crippen molar-refractivity contribution in [3.05, 3.63) is 35.9 Å². The fourth-order valence-corrected chi connectivity index (χ4v) is 1.46. The molecule has 0 saturated carbocycles. The van der Waals surface area contributed by atoms with E-state index >= 15 is 0 Å². The molecule has 1 heteroatoms. The van der Waals surface area contributed by atoms with E-state index in [1.165, 1.54) is 5.56 Å². The molecule has 1 aromatic rings. The Bertz CT molecular complexity index is 214. The largest absolute Gasteiger partial charge is 0.381 e. The Hall–Kier alpha value is -0.820. The molecule has 0 fully saturated rings. The standard InChI is InChI=1S/C12H18O/c1-3-12(13-2)10-9-11-7-5-4-6-8-11/h4-8,12H,3,9-10H2,1-2H3. The zero-order valence-corrected chi connectivity index (χ0v) is 8.49. The van der Waals surface area contributed by atoms with Crippen molar-refractivity contribution in [3.8, 4) is 0 Å². The third-order valence-electron chi connectivity index (χ3n) is 2.39. The lowest BCUT2D eigenvalue weighted by atomic mass is 10.1. The Labute approximate surface area is 80.7 Å². The van der Waals surface area contributed by atoms with E-state index in [-0.39, 0.29) is 0 Å².